The Labute approximate surface area is 118 Å². The van der Waals surface area contributed by atoms with Gasteiger partial charge >= 0.3 is 5.97 Å². The fourth-order valence-electron chi connectivity index (χ4n) is 1.39. The van der Waals surface area contributed by atoms with E-state index in [0.717, 1.165) is 5.56 Å². The summed E-state index contributed by atoms with van der Waals surface area (Å²) < 4.78 is 11.0. The lowest BCUT2D eigenvalue weighted by Crippen LogP contribution is -2.21. The largest absolute Gasteiger partial charge is 0.478 e. The standard InChI is InChI=1S/C14H19ClO4/c1-14(2,3)19-7-6-18-9-11-5-4-10(13(16)17)8-12(11)15/h4-5,8H,6-7,9H2,1-3H3,(H,16,17). The molecular formula is C14H19ClO4. The summed E-state index contributed by atoms with van der Waals surface area (Å²) in [6.45, 7) is 7.26. The lowest BCUT2D eigenvalue weighted by Gasteiger charge is -2.19. The molecule has 0 aliphatic heterocycles. The van der Waals surface area contributed by atoms with Crippen molar-refractivity contribution in [1.29, 1.82) is 0 Å². The number of benzene rings is 1. The molecule has 106 valence electrons. The highest BCUT2D eigenvalue weighted by Crippen LogP contribution is 2.19. The molecule has 0 unspecified atom stereocenters. The van der Waals surface area contributed by atoms with Crippen molar-refractivity contribution < 1.29 is 19.4 Å². The molecule has 1 N–H and O–H groups in total. The molecule has 1 aromatic carbocycles. The van der Waals surface area contributed by atoms with Crippen molar-refractivity contribution in [3.05, 3.63) is 34.3 Å². The van der Waals surface area contributed by atoms with Gasteiger partial charge in [0.05, 0.1) is 31.0 Å². The Kier molecular flexibility index (Phi) is 5.79. The minimum absolute atomic E-state index is 0.171. The molecule has 0 atom stereocenters. The molecule has 0 fully saturated rings. The van der Waals surface area contributed by atoms with Gasteiger partial charge in [-0.05, 0) is 38.5 Å². The zero-order valence-corrected chi connectivity index (χ0v) is 12.2. The number of halogens is 1. The van der Waals surface area contributed by atoms with Crippen molar-refractivity contribution in [2.75, 3.05) is 13.2 Å². The average molecular weight is 287 g/mol. The van der Waals surface area contributed by atoms with E-state index in [1.165, 1.54) is 12.1 Å². The summed E-state index contributed by atoms with van der Waals surface area (Å²) in [4.78, 5) is 10.8. The summed E-state index contributed by atoms with van der Waals surface area (Å²) in [5.41, 5.74) is 0.761. The quantitative estimate of drug-likeness (QED) is 0.815. The Bertz CT molecular complexity index is 438. The van der Waals surface area contributed by atoms with Crippen molar-refractivity contribution in [2.45, 2.75) is 33.0 Å². The van der Waals surface area contributed by atoms with Gasteiger partial charge in [-0.1, -0.05) is 17.7 Å². The number of hydrogen-bond donors (Lipinski definition) is 1. The summed E-state index contributed by atoms with van der Waals surface area (Å²) >= 11 is 5.98. The summed E-state index contributed by atoms with van der Waals surface area (Å²) in [7, 11) is 0. The molecule has 0 amide bonds. The maximum absolute atomic E-state index is 10.8. The van der Waals surface area contributed by atoms with Gasteiger partial charge in [-0.25, -0.2) is 4.79 Å². The molecule has 0 bridgehead atoms. The van der Waals surface area contributed by atoms with E-state index < -0.39 is 5.97 Å². The molecule has 0 aliphatic rings. The Morgan fingerprint density at radius 2 is 2.00 bits per heavy atom. The third kappa shape index (κ3) is 6.05. The van der Waals surface area contributed by atoms with E-state index in [9.17, 15) is 4.79 Å². The summed E-state index contributed by atoms with van der Waals surface area (Å²) in [5.74, 6) is -0.993. The maximum Gasteiger partial charge on any atom is 0.335 e. The molecule has 5 heteroatoms. The van der Waals surface area contributed by atoms with Crippen molar-refractivity contribution in [3.8, 4) is 0 Å². The Morgan fingerprint density at radius 1 is 1.32 bits per heavy atom. The van der Waals surface area contributed by atoms with Gasteiger partial charge in [-0.15, -0.1) is 0 Å². The van der Waals surface area contributed by atoms with E-state index in [2.05, 4.69) is 0 Å². The van der Waals surface area contributed by atoms with Crippen LogP contribution in [-0.2, 0) is 16.1 Å². The van der Waals surface area contributed by atoms with Gasteiger partial charge in [0.1, 0.15) is 0 Å². The first-order chi connectivity index (χ1) is 8.79. The number of aromatic carboxylic acids is 1. The first kappa shape index (κ1) is 16.0. The summed E-state index contributed by atoms with van der Waals surface area (Å²) in [6.07, 6.45) is 0. The first-order valence-electron chi connectivity index (χ1n) is 6.03. The van der Waals surface area contributed by atoms with Crippen LogP contribution in [0.15, 0.2) is 18.2 Å². The van der Waals surface area contributed by atoms with Gasteiger partial charge in [0.25, 0.3) is 0 Å². The second-order valence-electron chi connectivity index (χ2n) is 5.12. The highest BCUT2D eigenvalue weighted by atomic mass is 35.5. The van der Waals surface area contributed by atoms with Gasteiger partial charge in [-0.3, -0.25) is 0 Å². The lowest BCUT2D eigenvalue weighted by atomic mass is 10.1. The second-order valence-corrected chi connectivity index (χ2v) is 5.53. The lowest BCUT2D eigenvalue weighted by molar-refractivity contribution is -0.0376. The van der Waals surface area contributed by atoms with Crippen LogP contribution in [0.4, 0.5) is 0 Å². The van der Waals surface area contributed by atoms with Crippen LogP contribution in [0.5, 0.6) is 0 Å². The fourth-order valence-corrected chi connectivity index (χ4v) is 1.62. The minimum atomic E-state index is -0.993. The molecule has 19 heavy (non-hydrogen) atoms. The topological polar surface area (TPSA) is 55.8 Å². The Balaban J connectivity index is 2.40. The van der Waals surface area contributed by atoms with Gasteiger partial charge in [0.15, 0.2) is 0 Å². The van der Waals surface area contributed by atoms with Crippen molar-refractivity contribution in [3.63, 3.8) is 0 Å². The number of ether oxygens (including phenoxy) is 2. The monoisotopic (exact) mass is 286 g/mol. The van der Waals surface area contributed by atoms with Gasteiger partial charge in [-0.2, -0.15) is 0 Å². The second kappa shape index (κ2) is 6.89. The van der Waals surface area contributed by atoms with Gasteiger partial charge in [0, 0.05) is 5.02 Å². The van der Waals surface area contributed by atoms with Crippen LogP contribution >= 0.6 is 11.6 Å². The van der Waals surface area contributed by atoms with E-state index in [0.29, 0.717) is 24.8 Å². The maximum atomic E-state index is 10.8. The molecule has 0 aliphatic carbocycles. The van der Waals surface area contributed by atoms with E-state index in [1.54, 1.807) is 6.07 Å². The van der Waals surface area contributed by atoms with Gasteiger partial charge < -0.3 is 14.6 Å². The Hall–Kier alpha value is -1.10. The van der Waals surface area contributed by atoms with Crippen molar-refractivity contribution in [2.24, 2.45) is 0 Å². The van der Waals surface area contributed by atoms with E-state index in [1.807, 2.05) is 20.8 Å². The highest BCUT2D eigenvalue weighted by Gasteiger charge is 2.10. The number of carboxylic acid groups (broad SMARTS) is 1. The highest BCUT2D eigenvalue weighted by molar-refractivity contribution is 6.31. The molecule has 0 saturated carbocycles. The molecular weight excluding hydrogens is 268 g/mol. The molecule has 0 spiro atoms. The number of rotatable bonds is 6. The molecule has 0 aromatic heterocycles. The molecule has 1 aromatic rings. The van der Waals surface area contributed by atoms with Crippen LogP contribution in [0.1, 0.15) is 36.7 Å². The normalized spacial score (nSPS) is 11.6. The summed E-state index contributed by atoms with van der Waals surface area (Å²) in [6, 6.07) is 4.60. The number of hydrogen-bond acceptors (Lipinski definition) is 3. The molecule has 1 rings (SSSR count). The summed E-state index contributed by atoms with van der Waals surface area (Å²) in [5, 5.41) is 9.22. The molecule has 0 saturated heterocycles. The first-order valence-corrected chi connectivity index (χ1v) is 6.41. The number of carboxylic acids is 1. The van der Waals surface area contributed by atoms with Crippen LogP contribution in [0.2, 0.25) is 5.02 Å². The van der Waals surface area contributed by atoms with E-state index in [4.69, 9.17) is 26.2 Å². The van der Waals surface area contributed by atoms with Crippen LogP contribution < -0.4 is 0 Å². The third-order valence-corrected chi connectivity index (χ3v) is 2.67. The molecule has 0 radical (unpaired) electrons. The van der Waals surface area contributed by atoms with Crippen molar-refractivity contribution >= 4 is 17.6 Å². The van der Waals surface area contributed by atoms with Crippen LogP contribution in [-0.4, -0.2) is 29.9 Å². The fraction of sp³-hybridized carbons (Fsp3) is 0.500. The molecule has 0 heterocycles. The van der Waals surface area contributed by atoms with Gasteiger partial charge in [0.2, 0.25) is 0 Å². The van der Waals surface area contributed by atoms with E-state index >= 15 is 0 Å². The zero-order valence-electron chi connectivity index (χ0n) is 11.4. The van der Waals surface area contributed by atoms with Crippen LogP contribution in [0.25, 0.3) is 0 Å². The van der Waals surface area contributed by atoms with Crippen LogP contribution in [0, 0.1) is 0 Å². The van der Waals surface area contributed by atoms with E-state index in [-0.39, 0.29) is 11.2 Å². The minimum Gasteiger partial charge on any atom is -0.478 e. The smallest absolute Gasteiger partial charge is 0.335 e. The predicted octanol–water partition coefficient (Wildman–Crippen LogP) is 3.37. The van der Waals surface area contributed by atoms with Crippen molar-refractivity contribution in [1.82, 2.24) is 0 Å². The van der Waals surface area contributed by atoms with Crippen LogP contribution in [0.3, 0.4) is 0 Å². The molecule has 4 nitrogen and oxygen atoms in total. The SMILES string of the molecule is CC(C)(C)OCCOCc1ccc(C(=O)O)cc1Cl. The predicted molar refractivity (Wildman–Crippen MR) is 73.8 cm³/mol. The number of carbonyl (C=O) groups is 1. The zero-order chi connectivity index (χ0) is 14.5. The average Bonchev–Trinajstić information content (AvgIpc) is 2.28. The third-order valence-electron chi connectivity index (χ3n) is 2.32. The Morgan fingerprint density at radius 3 is 2.53 bits per heavy atom.